The molecule has 0 heterocycles. The molecule has 0 saturated carbocycles. The molecule has 0 saturated heterocycles. The first kappa shape index (κ1) is 8.46. The van der Waals surface area contributed by atoms with Gasteiger partial charge >= 0.3 is 0 Å². The number of nitrogens with one attached hydrogen (secondary N) is 1. The van der Waals surface area contributed by atoms with Gasteiger partial charge in [0.1, 0.15) is 6.29 Å². The van der Waals surface area contributed by atoms with Crippen molar-refractivity contribution < 1.29 is 9.59 Å². The van der Waals surface area contributed by atoms with Gasteiger partial charge in [-0.05, 0) is 30.7 Å². The van der Waals surface area contributed by atoms with Crippen LogP contribution in [0.15, 0.2) is 18.2 Å². The van der Waals surface area contributed by atoms with Crippen molar-refractivity contribution in [1.29, 1.82) is 0 Å². The zero-order valence-corrected chi connectivity index (χ0v) is 6.70. The molecule has 62 valence electrons. The van der Waals surface area contributed by atoms with Crippen LogP contribution in [0.25, 0.3) is 0 Å². The van der Waals surface area contributed by atoms with Gasteiger partial charge < -0.3 is 5.32 Å². The van der Waals surface area contributed by atoms with Gasteiger partial charge in [0.2, 0.25) is 6.41 Å². The fraction of sp³-hybridized carbons (Fsp3) is 0.111. The monoisotopic (exact) mass is 163 g/mol. The van der Waals surface area contributed by atoms with Gasteiger partial charge in [-0.25, -0.2) is 0 Å². The molecule has 1 N–H and O–H groups in total. The van der Waals surface area contributed by atoms with Crippen LogP contribution in [0.3, 0.4) is 0 Å². The molecule has 3 nitrogen and oxygen atoms in total. The number of carbonyl (C=O) groups is 2. The van der Waals surface area contributed by atoms with Crippen LogP contribution in [-0.2, 0) is 4.79 Å². The molecule has 12 heavy (non-hydrogen) atoms. The fourth-order valence-corrected chi connectivity index (χ4v) is 0.986. The van der Waals surface area contributed by atoms with E-state index in [1.807, 2.05) is 6.92 Å². The minimum absolute atomic E-state index is 0.614. The molecule has 0 fully saturated rings. The lowest BCUT2D eigenvalue weighted by Crippen LogP contribution is -1.96. The number of benzene rings is 1. The quantitative estimate of drug-likeness (QED) is 0.684. The van der Waals surface area contributed by atoms with E-state index in [9.17, 15) is 9.59 Å². The third-order valence-corrected chi connectivity index (χ3v) is 1.60. The summed E-state index contributed by atoms with van der Waals surface area (Å²) in [4.78, 5) is 20.4. The molecule has 0 aliphatic carbocycles. The van der Waals surface area contributed by atoms with Crippen LogP contribution in [0.5, 0.6) is 0 Å². The molecule has 0 radical (unpaired) electrons. The first-order valence-corrected chi connectivity index (χ1v) is 3.54. The third kappa shape index (κ3) is 1.69. The second kappa shape index (κ2) is 3.67. The molecule has 1 aromatic rings. The molecule has 0 spiro atoms. The Morgan fingerprint density at radius 1 is 1.33 bits per heavy atom. The van der Waals surface area contributed by atoms with Gasteiger partial charge in [-0.3, -0.25) is 9.59 Å². The summed E-state index contributed by atoms with van der Waals surface area (Å²) < 4.78 is 0. The van der Waals surface area contributed by atoms with E-state index in [1.165, 1.54) is 0 Å². The average molecular weight is 163 g/mol. The summed E-state index contributed by atoms with van der Waals surface area (Å²) in [6.07, 6.45) is 1.39. The number of hydrogen-bond acceptors (Lipinski definition) is 2. The highest BCUT2D eigenvalue weighted by Gasteiger charge is 1.97. The van der Waals surface area contributed by atoms with Gasteiger partial charge in [-0.1, -0.05) is 0 Å². The molecule has 3 heteroatoms. The lowest BCUT2D eigenvalue weighted by atomic mass is 10.1. The van der Waals surface area contributed by atoms with Gasteiger partial charge in [0.15, 0.2) is 0 Å². The number of aldehydes is 1. The van der Waals surface area contributed by atoms with E-state index in [0.29, 0.717) is 12.0 Å². The van der Waals surface area contributed by atoms with Crippen molar-refractivity contribution in [3.63, 3.8) is 0 Å². The molecule has 1 aromatic carbocycles. The number of amides is 1. The Kier molecular flexibility index (Phi) is 2.58. The van der Waals surface area contributed by atoms with Crippen LogP contribution in [0, 0.1) is 6.92 Å². The second-order valence-electron chi connectivity index (χ2n) is 2.45. The highest BCUT2D eigenvalue weighted by atomic mass is 16.1. The molecule has 0 aliphatic heterocycles. The summed E-state index contributed by atoms with van der Waals surface area (Å²) in [6.45, 7) is 1.83. The number of anilines is 1. The zero-order valence-electron chi connectivity index (χ0n) is 6.70. The fourth-order valence-electron chi connectivity index (χ4n) is 0.986. The van der Waals surface area contributed by atoms with E-state index < -0.39 is 0 Å². The molecule has 1 amide bonds. The maximum Gasteiger partial charge on any atom is 0.211 e. The number of aryl methyl sites for hydroxylation is 1. The van der Waals surface area contributed by atoms with Gasteiger partial charge in [-0.15, -0.1) is 0 Å². The van der Waals surface area contributed by atoms with Crippen LogP contribution in [-0.4, -0.2) is 12.7 Å². The summed E-state index contributed by atoms with van der Waals surface area (Å²) in [5, 5.41) is 2.53. The van der Waals surface area contributed by atoms with Crippen LogP contribution < -0.4 is 5.32 Å². The number of carbonyl (C=O) groups excluding carboxylic acids is 2. The Morgan fingerprint density at radius 3 is 2.58 bits per heavy atom. The summed E-state index contributed by atoms with van der Waals surface area (Å²) in [5.41, 5.74) is 2.23. The topological polar surface area (TPSA) is 46.2 Å². The highest BCUT2D eigenvalue weighted by molar-refractivity contribution is 5.79. The molecular formula is C9H9NO2. The van der Waals surface area contributed by atoms with Gasteiger partial charge in [0.25, 0.3) is 0 Å². The van der Waals surface area contributed by atoms with Crippen molar-refractivity contribution >= 4 is 18.4 Å². The molecule has 0 bridgehead atoms. The predicted molar refractivity (Wildman–Crippen MR) is 46.3 cm³/mol. The van der Waals surface area contributed by atoms with Crippen LogP contribution in [0.4, 0.5) is 5.69 Å². The molecular weight excluding hydrogens is 154 g/mol. The van der Waals surface area contributed by atoms with Crippen molar-refractivity contribution in [2.45, 2.75) is 6.92 Å². The Balaban J connectivity index is 3.02. The van der Waals surface area contributed by atoms with E-state index in [0.717, 1.165) is 17.5 Å². The second-order valence-corrected chi connectivity index (χ2v) is 2.45. The third-order valence-electron chi connectivity index (χ3n) is 1.60. The van der Waals surface area contributed by atoms with Gasteiger partial charge in [0, 0.05) is 11.3 Å². The van der Waals surface area contributed by atoms with E-state index in [1.54, 1.807) is 18.2 Å². The lowest BCUT2D eigenvalue weighted by Gasteiger charge is -2.02. The predicted octanol–water partition coefficient (Wildman–Crippen LogP) is 1.38. The summed E-state index contributed by atoms with van der Waals surface area (Å²) in [6, 6.07) is 5.08. The Labute approximate surface area is 70.4 Å². The molecule has 0 atom stereocenters. The first-order valence-electron chi connectivity index (χ1n) is 3.54. The van der Waals surface area contributed by atoms with Crippen molar-refractivity contribution in [2.75, 3.05) is 5.32 Å². The molecule has 1 rings (SSSR count). The Hall–Kier alpha value is -1.64. The molecule has 0 aromatic heterocycles. The van der Waals surface area contributed by atoms with Gasteiger partial charge in [0.05, 0.1) is 0 Å². The Bertz CT molecular complexity index is 307. The van der Waals surface area contributed by atoms with E-state index in [2.05, 4.69) is 5.32 Å². The first-order chi connectivity index (χ1) is 5.77. The van der Waals surface area contributed by atoms with Crippen LogP contribution >= 0.6 is 0 Å². The Morgan fingerprint density at radius 2 is 2.08 bits per heavy atom. The largest absolute Gasteiger partial charge is 0.328 e. The van der Waals surface area contributed by atoms with Crippen molar-refractivity contribution in [2.24, 2.45) is 0 Å². The van der Waals surface area contributed by atoms with E-state index in [-0.39, 0.29) is 0 Å². The smallest absolute Gasteiger partial charge is 0.211 e. The van der Waals surface area contributed by atoms with Crippen LogP contribution in [0.1, 0.15) is 15.9 Å². The molecule has 0 aliphatic rings. The maximum absolute atomic E-state index is 10.3. The normalized spacial score (nSPS) is 9.08. The summed E-state index contributed by atoms with van der Waals surface area (Å²) in [5.74, 6) is 0. The molecule has 0 unspecified atom stereocenters. The van der Waals surface area contributed by atoms with Crippen molar-refractivity contribution in [3.05, 3.63) is 29.3 Å². The van der Waals surface area contributed by atoms with Gasteiger partial charge in [-0.2, -0.15) is 0 Å². The number of rotatable bonds is 3. The minimum atomic E-state index is 0.614. The van der Waals surface area contributed by atoms with Crippen LogP contribution in [0.2, 0.25) is 0 Å². The maximum atomic E-state index is 10.3. The average Bonchev–Trinajstić information content (AvgIpc) is 2.09. The SMILES string of the molecule is Cc1cc(C=O)ccc1NC=O. The highest BCUT2D eigenvalue weighted by Crippen LogP contribution is 2.14. The zero-order chi connectivity index (χ0) is 8.97. The van der Waals surface area contributed by atoms with E-state index in [4.69, 9.17) is 0 Å². The van der Waals surface area contributed by atoms with Crippen molar-refractivity contribution in [1.82, 2.24) is 0 Å². The standard InChI is InChI=1S/C9H9NO2/c1-7-4-8(5-11)2-3-9(7)10-6-12/h2-6H,1H3,(H,10,12). The summed E-state index contributed by atoms with van der Waals surface area (Å²) in [7, 11) is 0. The summed E-state index contributed by atoms with van der Waals surface area (Å²) >= 11 is 0. The minimum Gasteiger partial charge on any atom is -0.328 e. The van der Waals surface area contributed by atoms with Crippen molar-refractivity contribution in [3.8, 4) is 0 Å². The van der Waals surface area contributed by atoms with E-state index >= 15 is 0 Å². The number of hydrogen-bond donors (Lipinski definition) is 1. The lowest BCUT2D eigenvalue weighted by molar-refractivity contribution is -0.105.